The fourth-order valence-corrected chi connectivity index (χ4v) is 4.36. The van der Waals surface area contributed by atoms with Gasteiger partial charge in [-0.15, -0.1) is 0 Å². The highest BCUT2D eigenvalue weighted by atomic mass is 32.2. The summed E-state index contributed by atoms with van der Waals surface area (Å²) in [6.45, 7) is 8.11. The van der Waals surface area contributed by atoms with E-state index in [2.05, 4.69) is 26.1 Å². The minimum atomic E-state index is -3.68. The van der Waals surface area contributed by atoms with Gasteiger partial charge in [-0.05, 0) is 36.1 Å². The van der Waals surface area contributed by atoms with E-state index in [1.807, 2.05) is 24.3 Å². The number of rotatable bonds is 9. The molecule has 0 saturated carbocycles. The first kappa shape index (κ1) is 23.7. The molecule has 0 radical (unpaired) electrons. The molecule has 32 heavy (non-hydrogen) atoms. The van der Waals surface area contributed by atoms with Gasteiger partial charge in [-0.1, -0.05) is 39.0 Å². The number of nitrogens with one attached hydrogen (secondary N) is 1. The second-order valence-corrected chi connectivity index (χ2v) is 10.6. The average Bonchev–Trinajstić information content (AvgIpc) is 3.22. The molecule has 1 aliphatic heterocycles. The van der Waals surface area contributed by atoms with Crippen LogP contribution in [0.3, 0.4) is 0 Å². The van der Waals surface area contributed by atoms with E-state index in [1.54, 1.807) is 18.2 Å². The van der Waals surface area contributed by atoms with Crippen molar-refractivity contribution in [3.8, 4) is 17.2 Å². The lowest BCUT2D eigenvalue weighted by Gasteiger charge is -2.24. The van der Waals surface area contributed by atoms with Crippen LogP contribution in [0.1, 0.15) is 33.3 Å². The quantitative estimate of drug-likeness (QED) is 0.576. The van der Waals surface area contributed by atoms with Gasteiger partial charge < -0.3 is 19.5 Å². The third kappa shape index (κ3) is 5.64. The molecular weight excluding hydrogens is 432 g/mol. The number of nitrogens with zero attached hydrogens (tertiary/aromatic N) is 1. The average molecular weight is 463 g/mol. The molecule has 0 aliphatic carbocycles. The molecule has 0 bridgehead atoms. The molecule has 0 atom stereocenters. The second-order valence-electron chi connectivity index (χ2n) is 8.39. The van der Waals surface area contributed by atoms with Crippen molar-refractivity contribution >= 4 is 21.6 Å². The van der Waals surface area contributed by atoms with Gasteiger partial charge in [-0.25, -0.2) is 8.42 Å². The number of hydrogen-bond acceptors (Lipinski definition) is 6. The highest BCUT2D eigenvalue weighted by Crippen LogP contribution is 2.36. The molecule has 1 amide bonds. The van der Waals surface area contributed by atoms with E-state index in [-0.39, 0.29) is 37.7 Å². The van der Waals surface area contributed by atoms with Crippen LogP contribution < -0.4 is 23.8 Å². The van der Waals surface area contributed by atoms with E-state index >= 15 is 0 Å². The van der Waals surface area contributed by atoms with Crippen molar-refractivity contribution in [1.82, 2.24) is 5.32 Å². The molecule has 1 heterocycles. The Bertz CT molecular complexity index is 1060. The minimum absolute atomic E-state index is 0.0700. The molecule has 0 aromatic heterocycles. The molecule has 3 rings (SSSR count). The van der Waals surface area contributed by atoms with Crippen LogP contribution in [0, 0.1) is 0 Å². The first-order valence-corrected chi connectivity index (χ1v) is 12.1. The summed E-state index contributed by atoms with van der Waals surface area (Å²) in [4.78, 5) is 12.5. The third-order valence-electron chi connectivity index (χ3n) is 5.01. The zero-order valence-corrected chi connectivity index (χ0v) is 19.7. The lowest BCUT2D eigenvalue weighted by atomic mass is 9.86. The molecule has 9 heteroatoms. The Morgan fingerprint density at radius 3 is 2.56 bits per heavy atom. The number of fused-ring (bicyclic) bond motifs is 1. The number of sulfonamides is 1. The fourth-order valence-electron chi connectivity index (χ4n) is 3.30. The summed E-state index contributed by atoms with van der Waals surface area (Å²) in [7, 11) is -3.68. The SMILES string of the molecule is CCS(=O)(=O)N(CC(=O)NCCOc1ccccc1C(C)(C)C)c1ccc2c(c1)OCO2. The maximum atomic E-state index is 12.6. The zero-order valence-electron chi connectivity index (χ0n) is 18.9. The lowest BCUT2D eigenvalue weighted by molar-refractivity contribution is -0.119. The molecule has 174 valence electrons. The molecule has 0 fully saturated rings. The van der Waals surface area contributed by atoms with Gasteiger partial charge in [0, 0.05) is 6.07 Å². The van der Waals surface area contributed by atoms with E-state index in [9.17, 15) is 13.2 Å². The van der Waals surface area contributed by atoms with E-state index in [0.717, 1.165) is 15.6 Å². The highest BCUT2D eigenvalue weighted by Gasteiger charge is 2.26. The number of carbonyl (C=O) groups is 1. The smallest absolute Gasteiger partial charge is 0.240 e. The van der Waals surface area contributed by atoms with Crippen LogP contribution in [-0.2, 0) is 20.2 Å². The first-order valence-electron chi connectivity index (χ1n) is 10.5. The maximum absolute atomic E-state index is 12.6. The summed E-state index contributed by atoms with van der Waals surface area (Å²) in [6.07, 6.45) is 0. The summed E-state index contributed by atoms with van der Waals surface area (Å²) < 4.78 is 42.8. The molecule has 0 saturated heterocycles. The van der Waals surface area contributed by atoms with Crippen molar-refractivity contribution in [1.29, 1.82) is 0 Å². The Morgan fingerprint density at radius 2 is 1.84 bits per heavy atom. The van der Waals surface area contributed by atoms with E-state index < -0.39 is 15.9 Å². The van der Waals surface area contributed by atoms with Gasteiger partial charge in [0.1, 0.15) is 18.9 Å². The summed E-state index contributed by atoms with van der Waals surface area (Å²) in [5.74, 6) is 1.20. The van der Waals surface area contributed by atoms with Crippen LogP contribution in [0.15, 0.2) is 42.5 Å². The molecule has 1 aliphatic rings. The number of amides is 1. The van der Waals surface area contributed by atoms with Gasteiger partial charge in [0.2, 0.25) is 22.7 Å². The molecule has 2 aromatic rings. The van der Waals surface area contributed by atoms with Gasteiger partial charge in [0.25, 0.3) is 0 Å². The molecule has 0 spiro atoms. The number of anilines is 1. The maximum Gasteiger partial charge on any atom is 0.240 e. The van der Waals surface area contributed by atoms with Crippen LogP contribution in [0.4, 0.5) is 5.69 Å². The van der Waals surface area contributed by atoms with Crippen molar-refractivity contribution in [3.63, 3.8) is 0 Å². The molecule has 2 aromatic carbocycles. The van der Waals surface area contributed by atoms with Crippen LogP contribution >= 0.6 is 0 Å². The van der Waals surface area contributed by atoms with Gasteiger partial charge in [-0.2, -0.15) is 0 Å². The zero-order chi connectivity index (χ0) is 23.4. The van der Waals surface area contributed by atoms with Crippen LogP contribution in [-0.4, -0.2) is 46.6 Å². The van der Waals surface area contributed by atoms with Crippen molar-refractivity contribution in [3.05, 3.63) is 48.0 Å². The van der Waals surface area contributed by atoms with Crippen molar-refractivity contribution in [2.24, 2.45) is 0 Å². The highest BCUT2D eigenvalue weighted by molar-refractivity contribution is 7.92. The molecule has 8 nitrogen and oxygen atoms in total. The largest absolute Gasteiger partial charge is 0.491 e. The Kier molecular flexibility index (Phi) is 7.18. The van der Waals surface area contributed by atoms with Crippen LogP contribution in [0.5, 0.6) is 17.2 Å². The predicted octanol–water partition coefficient (Wildman–Crippen LogP) is 3.06. The Labute approximate surface area is 189 Å². The standard InChI is InChI=1S/C23H30N2O6S/c1-5-32(27,28)25(17-10-11-20-21(14-17)31-16-30-20)15-22(26)24-12-13-29-19-9-7-6-8-18(19)23(2,3)4/h6-11,14H,5,12-13,15-16H2,1-4H3,(H,24,26). The Balaban J connectivity index is 1.61. The predicted molar refractivity (Wildman–Crippen MR) is 123 cm³/mol. The van der Waals surface area contributed by atoms with E-state index in [0.29, 0.717) is 17.2 Å². The lowest BCUT2D eigenvalue weighted by Crippen LogP contribution is -2.42. The van der Waals surface area contributed by atoms with Crippen molar-refractivity contribution in [2.75, 3.05) is 36.5 Å². The van der Waals surface area contributed by atoms with E-state index in [1.165, 1.54) is 6.92 Å². The molecule has 0 unspecified atom stereocenters. The topological polar surface area (TPSA) is 94.2 Å². The van der Waals surface area contributed by atoms with Crippen molar-refractivity contribution in [2.45, 2.75) is 33.1 Å². The number of carbonyl (C=O) groups excluding carboxylic acids is 1. The summed E-state index contributed by atoms with van der Waals surface area (Å²) in [6, 6.07) is 12.6. The normalized spacial score (nSPS) is 13.0. The number of para-hydroxylation sites is 1. The molecule has 1 N–H and O–H groups in total. The first-order chi connectivity index (χ1) is 15.1. The number of hydrogen-bond donors (Lipinski definition) is 1. The number of benzene rings is 2. The Morgan fingerprint density at radius 1 is 1.12 bits per heavy atom. The minimum Gasteiger partial charge on any atom is -0.491 e. The summed E-state index contributed by atoms with van der Waals surface area (Å²) in [5.41, 5.74) is 1.36. The fraction of sp³-hybridized carbons (Fsp3) is 0.435. The van der Waals surface area contributed by atoms with Crippen LogP contribution in [0.2, 0.25) is 0 Å². The van der Waals surface area contributed by atoms with Gasteiger partial charge in [-0.3, -0.25) is 9.10 Å². The van der Waals surface area contributed by atoms with E-state index in [4.69, 9.17) is 14.2 Å². The Hall–Kier alpha value is -2.94. The van der Waals surface area contributed by atoms with Gasteiger partial charge in [0.05, 0.1) is 18.0 Å². The molecular formula is C23H30N2O6S. The third-order valence-corrected chi connectivity index (χ3v) is 6.75. The second kappa shape index (κ2) is 9.68. The number of ether oxygens (including phenoxy) is 3. The summed E-state index contributed by atoms with van der Waals surface area (Å²) >= 11 is 0. The van der Waals surface area contributed by atoms with Gasteiger partial charge >= 0.3 is 0 Å². The van der Waals surface area contributed by atoms with Gasteiger partial charge in [0.15, 0.2) is 11.5 Å². The summed E-state index contributed by atoms with van der Waals surface area (Å²) in [5, 5.41) is 2.73. The monoisotopic (exact) mass is 462 g/mol. The van der Waals surface area contributed by atoms with Crippen molar-refractivity contribution < 1.29 is 27.4 Å². The van der Waals surface area contributed by atoms with Crippen LogP contribution in [0.25, 0.3) is 0 Å².